The van der Waals surface area contributed by atoms with Gasteiger partial charge in [-0.25, -0.2) is 8.78 Å². The Morgan fingerprint density at radius 1 is 1.56 bits per heavy atom. The number of alkyl halides is 1. The van der Waals surface area contributed by atoms with E-state index < -0.39 is 6.17 Å². The van der Waals surface area contributed by atoms with E-state index in [0.29, 0.717) is 18.5 Å². The zero-order valence-electron chi connectivity index (χ0n) is 8.81. The number of aliphatic hydroxyl groups is 1. The number of pyridine rings is 1. The molecule has 2 atom stereocenters. The van der Waals surface area contributed by atoms with E-state index in [0.717, 1.165) is 6.20 Å². The van der Waals surface area contributed by atoms with Crippen molar-refractivity contribution >= 4 is 0 Å². The Labute approximate surface area is 92.7 Å². The monoisotopic (exact) mass is 228 g/mol. The fraction of sp³-hybridized carbons (Fsp3) is 0.545. The third-order valence-corrected chi connectivity index (χ3v) is 2.92. The Morgan fingerprint density at radius 3 is 3.06 bits per heavy atom. The van der Waals surface area contributed by atoms with Gasteiger partial charge in [0.15, 0.2) is 0 Å². The van der Waals surface area contributed by atoms with E-state index in [-0.39, 0.29) is 25.0 Å². The van der Waals surface area contributed by atoms with Crippen molar-refractivity contribution in [3.05, 3.63) is 29.8 Å². The van der Waals surface area contributed by atoms with E-state index in [1.807, 2.05) is 0 Å². The molecule has 5 heteroatoms. The molecule has 1 aliphatic heterocycles. The van der Waals surface area contributed by atoms with Gasteiger partial charge in [0, 0.05) is 30.9 Å². The zero-order chi connectivity index (χ0) is 11.5. The van der Waals surface area contributed by atoms with Crippen LogP contribution in [-0.2, 0) is 6.54 Å². The maximum absolute atomic E-state index is 13.3. The van der Waals surface area contributed by atoms with E-state index in [1.165, 1.54) is 6.20 Å². The van der Waals surface area contributed by atoms with Crippen LogP contribution in [0.3, 0.4) is 0 Å². The lowest BCUT2D eigenvalue weighted by molar-refractivity contribution is 0.152. The molecule has 1 aromatic heterocycles. The molecular formula is C11H14F2N2O. The lowest BCUT2D eigenvalue weighted by Gasteiger charge is -2.22. The molecule has 88 valence electrons. The Morgan fingerprint density at radius 2 is 2.38 bits per heavy atom. The molecule has 1 N–H and O–H groups in total. The summed E-state index contributed by atoms with van der Waals surface area (Å²) in [5.74, 6) is -0.388. The predicted octanol–water partition coefficient (Wildman–Crippen LogP) is 1.13. The van der Waals surface area contributed by atoms with Crippen molar-refractivity contribution in [1.29, 1.82) is 0 Å². The molecule has 1 saturated heterocycles. The van der Waals surface area contributed by atoms with Crippen molar-refractivity contribution in [3.63, 3.8) is 0 Å². The predicted molar refractivity (Wildman–Crippen MR) is 55.0 cm³/mol. The number of aliphatic hydroxyl groups excluding tert-OH is 1. The highest BCUT2D eigenvalue weighted by molar-refractivity contribution is 5.13. The summed E-state index contributed by atoms with van der Waals surface area (Å²) in [5, 5.41) is 9.09. The lowest BCUT2D eigenvalue weighted by Crippen LogP contribution is -2.32. The molecule has 1 aliphatic rings. The van der Waals surface area contributed by atoms with Gasteiger partial charge in [0.2, 0.25) is 0 Å². The fourth-order valence-electron chi connectivity index (χ4n) is 2.06. The van der Waals surface area contributed by atoms with Crippen LogP contribution in [0.2, 0.25) is 0 Å². The average molecular weight is 228 g/mol. The van der Waals surface area contributed by atoms with E-state index in [2.05, 4.69) is 4.98 Å². The van der Waals surface area contributed by atoms with Crippen molar-refractivity contribution in [2.45, 2.75) is 25.2 Å². The van der Waals surface area contributed by atoms with Crippen LogP contribution in [0, 0.1) is 5.82 Å². The minimum Gasteiger partial charge on any atom is -0.395 e. The second kappa shape index (κ2) is 4.84. The summed E-state index contributed by atoms with van der Waals surface area (Å²) in [6.45, 7) is 0.486. The van der Waals surface area contributed by atoms with Crippen LogP contribution >= 0.6 is 0 Å². The third-order valence-electron chi connectivity index (χ3n) is 2.92. The van der Waals surface area contributed by atoms with Crippen LogP contribution < -0.4 is 0 Å². The van der Waals surface area contributed by atoms with Gasteiger partial charge >= 0.3 is 0 Å². The van der Waals surface area contributed by atoms with Crippen molar-refractivity contribution in [3.8, 4) is 0 Å². The van der Waals surface area contributed by atoms with Gasteiger partial charge in [-0.05, 0) is 12.5 Å². The molecule has 2 heterocycles. The highest BCUT2D eigenvalue weighted by Gasteiger charge is 2.31. The molecule has 0 spiro atoms. The van der Waals surface area contributed by atoms with Gasteiger partial charge in [-0.2, -0.15) is 0 Å². The Bertz CT molecular complexity index is 362. The molecule has 0 unspecified atom stereocenters. The normalized spacial score (nSPS) is 26.2. The number of hydrogen-bond donors (Lipinski definition) is 1. The van der Waals surface area contributed by atoms with Gasteiger partial charge in [-0.1, -0.05) is 0 Å². The highest BCUT2D eigenvalue weighted by atomic mass is 19.1. The molecule has 0 aliphatic carbocycles. The van der Waals surface area contributed by atoms with Crippen molar-refractivity contribution in [2.75, 3.05) is 13.2 Å². The maximum atomic E-state index is 13.3. The Balaban J connectivity index is 2.07. The summed E-state index contributed by atoms with van der Waals surface area (Å²) in [6.07, 6.45) is 2.05. The van der Waals surface area contributed by atoms with Crippen molar-refractivity contribution in [2.24, 2.45) is 0 Å². The Kier molecular flexibility index (Phi) is 3.46. The van der Waals surface area contributed by atoms with Gasteiger partial charge in [-0.15, -0.1) is 0 Å². The number of nitrogens with zero attached hydrogens (tertiary/aromatic N) is 2. The third kappa shape index (κ3) is 2.36. The van der Waals surface area contributed by atoms with Crippen LogP contribution in [0.4, 0.5) is 8.78 Å². The van der Waals surface area contributed by atoms with Gasteiger partial charge < -0.3 is 5.11 Å². The summed E-state index contributed by atoms with van der Waals surface area (Å²) in [5.41, 5.74) is 0.488. The number of halogens is 2. The smallest absolute Gasteiger partial charge is 0.145 e. The molecule has 0 aromatic carbocycles. The van der Waals surface area contributed by atoms with Gasteiger partial charge in [-0.3, -0.25) is 9.88 Å². The fourth-order valence-corrected chi connectivity index (χ4v) is 2.06. The number of rotatable bonds is 3. The van der Waals surface area contributed by atoms with Crippen molar-refractivity contribution < 1.29 is 13.9 Å². The number of likely N-dealkylation sites (tertiary alicyclic amines) is 1. The summed E-state index contributed by atoms with van der Waals surface area (Å²) in [4.78, 5) is 5.42. The van der Waals surface area contributed by atoms with E-state index in [9.17, 15) is 8.78 Å². The topological polar surface area (TPSA) is 36.4 Å². The van der Waals surface area contributed by atoms with Crippen LogP contribution in [-0.4, -0.2) is 40.4 Å². The molecule has 16 heavy (non-hydrogen) atoms. The lowest BCUT2D eigenvalue weighted by atomic mass is 10.2. The molecule has 2 rings (SSSR count). The minimum absolute atomic E-state index is 0.0902. The molecule has 1 aromatic rings. The molecule has 0 radical (unpaired) electrons. The number of aromatic nitrogens is 1. The van der Waals surface area contributed by atoms with Crippen molar-refractivity contribution in [1.82, 2.24) is 9.88 Å². The first-order valence-electron chi connectivity index (χ1n) is 5.28. The van der Waals surface area contributed by atoms with Crippen LogP contribution in [0.25, 0.3) is 0 Å². The largest absolute Gasteiger partial charge is 0.395 e. The van der Waals surface area contributed by atoms with Gasteiger partial charge in [0.1, 0.15) is 12.0 Å². The standard InChI is InChI=1S/C11H14F2N2O/c12-9-3-10(7-16)15(6-9)5-8-1-2-14-4-11(8)13/h1-2,4,9-10,16H,3,5-7H2/t9-,10-/m0/s1. The molecule has 0 bridgehead atoms. The van der Waals surface area contributed by atoms with Gasteiger partial charge in [0.05, 0.1) is 12.8 Å². The molecule has 0 amide bonds. The van der Waals surface area contributed by atoms with Crippen LogP contribution in [0.5, 0.6) is 0 Å². The Hall–Kier alpha value is -1.07. The summed E-state index contributed by atoms with van der Waals surface area (Å²) >= 11 is 0. The first-order valence-corrected chi connectivity index (χ1v) is 5.28. The molecule has 1 fully saturated rings. The molecule has 0 saturated carbocycles. The second-order valence-corrected chi connectivity index (χ2v) is 4.07. The molecule has 3 nitrogen and oxygen atoms in total. The van der Waals surface area contributed by atoms with Gasteiger partial charge in [0.25, 0.3) is 0 Å². The molecular weight excluding hydrogens is 214 g/mol. The van der Waals surface area contributed by atoms with E-state index in [1.54, 1.807) is 11.0 Å². The average Bonchev–Trinajstić information content (AvgIpc) is 2.62. The minimum atomic E-state index is -0.929. The highest BCUT2D eigenvalue weighted by Crippen LogP contribution is 2.22. The summed E-state index contributed by atoms with van der Waals surface area (Å²) in [6, 6.07) is 1.37. The quantitative estimate of drug-likeness (QED) is 0.842. The van der Waals surface area contributed by atoms with E-state index >= 15 is 0 Å². The van der Waals surface area contributed by atoms with Crippen LogP contribution in [0.15, 0.2) is 18.5 Å². The SMILES string of the molecule is OC[C@@H]1C[C@H](F)CN1Cc1ccncc1F. The van der Waals surface area contributed by atoms with Crippen LogP contribution in [0.1, 0.15) is 12.0 Å². The zero-order valence-corrected chi connectivity index (χ0v) is 8.81. The first kappa shape index (κ1) is 11.4. The summed E-state index contributed by atoms with van der Waals surface area (Å²) in [7, 11) is 0. The summed E-state index contributed by atoms with van der Waals surface area (Å²) < 4.78 is 26.5. The second-order valence-electron chi connectivity index (χ2n) is 4.07. The first-order chi connectivity index (χ1) is 7.70. The maximum Gasteiger partial charge on any atom is 0.145 e. The number of hydrogen-bond acceptors (Lipinski definition) is 3. The van der Waals surface area contributed by atoms with E-state index in [4.69, 9.17) is 5.11 Å².